The molecule has 1 atom stereocenters. The van der Waals surface area contributed by atoms with Crippen LogP contribution in [0.1, 0.15) is 20.3 Å². The predicted molar refractivity (Wildman–Crippen MR) is 71.5 cm³/mol. The van der Waals surface area contributed by atoms with Gasteiger partial charge in [0.25, 0.3) is 0 Å². The first-order valence-corrected chi connectivity index (χ1v) is 6.19. The van der Waals surface area contributed by atoms with E-state index in [1.165, 1.54) is 0 Å². The fourth-order valence-corrected chi connectivity index (χ4v) is 1.21. The van der Waals surface area contributed by atoms with Crippen molar-refractivity contribution in [2.24, 2.45) is 10.5 Å². The Morgan fingerprint density at radius 2 is 1.95 bits per heavy atom. The van der Waals surface area contributed by atoms with Gasteiger partial charge in [0.2, 0.25) is 11.8 Å². The fourth-order valence-electron chi connectivity index (χ4n) is 1.21. The van der Waals surface area contributed by atoms with E-state index < -0.39 is 17.4 Å². The van der Waals surface area contributed by atoms with Crippen LogP contribution in [0.25, 0.3) is 10.4 Å². The molecular formula is C11H21N5O4. The molecule has 0 aliphatic rings. The first-order valence-electron chi connectivity index (χ1n) is 6.19. The highest BCUT2D eigenvalue weighted by Crippen LogP contribution is 2.19. The lowest BCUT2D eigenvalue weighted by molar-refractivity contribution is -0.137. The Balaban J connectivity index is 3.87. The SMILES string of the molecule is CC(C)(CO)[C@@H](O)C(=O)NCCNC(=O)CCN=[N+]=[N-]. The standard InChI is InChI=1S/C11H21N5O4/c1-11(2,7-17)9(19)10(20)14-6-5-13-8(18)3-4-15-16-12/h9,17,19H,3-7H2,1-2H3,(H,13,18)(H,14,20)/t9-/m0/s1. The maximum absolute atomic E-state index is 11.6. The number of nitrogens with one attached hydrogen (secondary N) is 2. The molecule has 9 heteroatoms. The largest absolute Gasteiger partial charge is 0.396 e. The second kappa shape index (κ2) is 9.13. The normalized spacial score (nSPS) is 12.2. The lowest BCUT2D eigenvalue weighted by Gasteiger charge is -2.27. The zero-order valence-corrected chi connectivity index (χ0v) is 11.7. The van der Waals surface area contributed by atoms with Gasteiger partial charge in [-0.05, 0) is 5.53 Å². The lowest BCUT2D eigenvalue weighted by Crippen LogP contribution is -2.47. The molecule has 114 valence electrons. The maximum atomic E-state index is 11.6. The molecule has 0 fully saturated rings. The van der Waals surface area contributed by atoms with Crippen molar-refractivity contribution >= 4 is 11.8 Å². The molecule has 9 nitrogen and oxygen atoms in total. The molecule has 4 N–H and O–H groups in total. The van der Waals surface area contributed by atoms with Gasteiger partial charge in [-0.3, -0.25) is 9.59 Å². The second-order valence-electron chi connectivity index (χ2n) is 4.89. The van der Waals surface area contributed by atoms with Crippen molar-refractivity contribution in [1.82, 2.24) is 10.6 Å². The maximum Gasteiger partial charge on any atom is 0.249 e. The number of aliphatic hydroxyl groups is 2. The Morgan fingerprint density at radius 1 is 1.35 bits per heavy atom. The topological polar surface area (TPSA) is 147 Å². The third kappa shape index (κ3) is 6.93. The molecule has 0 saturated heterocycles. The van der Waals surface area contributed by atoms with Gasteiger partial charge in [-0.1, -0.05) is 19.0 Å². The highest BCUT2D eigenvalue weighted by Gasteiger charge is 2.32. The Bertz CT molecular complexity index is 379. The van der Waals surface area contributed by atoms with Crippen LogP contribution in [0.2, 0.25) is 0 Å². The third-order valence-electron chi connectivity index (χ3n) is 2.64. The summed E-state index contributed by atoms with van der Waals surface area (Å²) in [7, 11) is 0. The van der Waals surface area contributed by atoms with Crippen molar-refractivity contribution in [1.29, 1.82) is 0 Å². The minimum atomic E-state index is -1.33. The van der Waals surface area contributed by atoms with Crippen molar-refractivity contribution in [2.75, 3.05) is 26.2 Å². The molecule has 0 aliphatic heterocycles. The van der Waals surface area contributed by atoms with E-state index in [2.05, 4.69) is 20.7 Å². The average Bonchev–Trinajstić information content (AvgIpc) is 2.42. The minimum Gasteiger partial charge on any atom is -0.396 e. The number of aliphatic hydroxyl groups excluding tert-OH is 2. The highest BCUT2D eigenvalue weighted by atomic mass is 16.3. The molecule has 0 heterocycles. The van der Waals surface area contributed by atoms with Crippen molar-refractivity contribution in [3.63, 3.8) is 0 Å². The Labute approximate surface area is 117 Å². The number of nitrogens with zero attached hydrogens (tertiary/aromatic N) is 3. The van der Waals surface area contributed by atoms with Gasteiger partial charge < -0.3 is 20.8 Å². The molecular weight excluding hydrogens is 266 g/mol. The van der Waals surface area contributed by atoms with Crippen LogP contribution >= 0.6 is 0 Å². The summed E-state index contributed by atoms with van der Waals surface area (Å²) in [5.74, 6) is -0.893. The number of azide groups is 1. The minimum absolute atomic E-state index is 0.0814. The smallest absolute Gasteiger partial charge is 0.249 e. The molecule has 20 heavy (non-hydrogen) atoms. The van der Waals surface area contributed by atoms with Crippen LogP contribution in [0.4, 0.5) is 0 Å². The van der Waals surface area contributed by atoms with Gasteiger partial charge in [0, 0.05) is 36.4 Å². The summed E-state index contributed by atoms with van der Waals surface area (Å²) in [6.07, 6.45) is -1.24. The summed E-state index contributed by atoms with van der Waals surface area (Å²) >= 11 is 0. The molecule has 2 amide bonds. The molecule has 0 aliphatic carbocycles. The van der Waals surface area contributed by atoms with E-state index in [1.54, 1.807) is 13.8 Å². The van der Waals surface area contributed by atoms with Crippen LogP contribution in [0.3, 0.4) is 0 Å². The Kier molecular flexibility index (Phi) is 8.30. The Hall–Kier alpha value is -1.83. The summed E-state index contributed by atoms with van der Waals surface area (Å²) in [5.41, 5.74) is 7.10. The van der Waals surface area contributed by atoms with E-state index in [9.17, 15) is 14.7 Å². The molecule has 0 spiro atoms. The quantitative estimate of drug-likeness (QED) is 0.192. The monoisotopic (exact) mass is 287 g/mol. The molecule has 0 rings (SSSR count). The summed E-state index contributed by atoms with van der Waals surface area (Å²) < 4.78 is 0. The third-order valence-corrected chi connectivity index (χ3v) is 2.64. The predicted octanol–water partition coefficient (Wildman–Crippen LogP) is -0.701. The van der Waals surface area contributed by atoms with Crippen molar-refractivity contribution in [3.8, 4) is 0 Å². The van der Waals surface area contributed by atoms with Gasteiger partial charge in [-0.15, -0.1) is 0 Å². The van der Waals surface area contributed by atoms with Gasteiger partial charge >= 0.3 is 0 Å². The van der Waals surface area contributed by atoms with Crippen LogP contribution < -0.4 is 10.6 Å². The van der Waals surface area contributed by atoms with Crippen LogP contribution in [0.5, 0.6) is 0 Å². The Morgan fingerprint density at radius 3 is 2.50 bits per heavy atom. The molecule has 0 aromatic heterocycles. The zero-order valence-electron chi connectivity index (χ0n) is 11.7. The summed E-state index contributed by atoms with van der Waals surface area (Å²) in [4.78, 5) is 25.3. The van der Waals surface area contributed by atoms with Crippen molar-refractivity contribution < 1.29 is 19.8 Å². The number of carbonyl (C=O) groups excluding carboxylic acids is 2. The van der Waals surface area contributed by atoms with Crippen LogP contribution in [0, 0.1) is 5.41 Å². The van der Waals surface area contributed by atoms with Gasteiger partial charge in [0.1, 0.15) is 6.10 Å². The van der Waals surface area contributed by atoms with Gasteiger partial charge in [-0.2, -0.15) is 0 Å². The number of amides is 2. The molecule has 0 unspecified atom stereocenters. The van der Waals surface area contributed by atoms with E-state index >= 15 is 0 Å². The number of rotatable bonds is 9. The van der Waals surface area contributed by atoms with Crippen LogP contribution in [-0.4, -0.2) is 54.4 Å². The number of carbonyl (C=O) groups is 2. The van der Waals surface area contributed by atoms with Crippen molar-refractivity contribution in [2.45, 2.75) is 26.4 Å². The van der Waals surface area contributed by atoms with E-state index in [4.69, 9.17) is 10.6 Å². The lowest BCUT2D eigenvalue weighted by atomic mass is 9.87. The average molecular weight is 287 g/mol. The number of hydrogen-bond donors (Lipinski definition) is 4. The molecule has 0 bridgehead atoms. The molecule has 0 aromatic rings. The van der Waals surface area contributed by atoms with Gasteiger partial charge in [-0.25, -0.2) is 0 Å². The van der Waals surface area contributed by atoms with Gasteiger partial charge in [0.15, 0.2) is 0 Å². The zero-order chi connectivity index (χ0) is 15.6. The van der Waals surface area contributed by atoms with E-state index in [1.807, 2.05) is 0 Å². The van der Waals surface area contributed by atoms with E-state index in [0.29, 0.717) is 0 Å². The number of hydrogen-bond acceptors (Lipinski definition) is 5. The second-order valence-corrected chi connectivity index (χ2v) is 4.89. The summed E-state index contributed by atoms with van der Waals surface area (Å²) in [5, 5.41) is 26.9. The summed E-state index contributed by atoms with van der Waals surface area (Å²) in [6.45, 7) is 3.25. The van der Waals surface area contributed by atoms with Crippen molar-refractivity contribution in [3.05, 3.63) is 10.4 Å². The van der Waals surface area contributed by atoms with Crippen LogP contribution in [0.15, 0.2) is 5.11 Å². The van der Waals surface area contributed by atoms with E-state index in [-0.39, 0.29) is 38.6 Å². The highest BCUT2D eigenvalue weighted by molar-refractivity contribution is 5.81. The molecule has 0 saturated carbocycles. The van der Waals surface area contributed by atoms with Gasteiger partial charge in [0.05, 0.1) is 6.61 Å². The molecule has 0 aromatic carbocycles. The van der Waals surface area contributed by atoms with Crippen LogP contribution in [-0.2, 0) is 9.59 Å². The fraction of sp³-hybridized carbons (Fsp3) is 0.818. The molecule has 0 radical (unpaired) electrons. The first kappa shape index (κ1) is 18.2. The summed E-state index contributed by atoms with van der Waals surface area (Å²) in [6, 6.07) is 0. The van der Waals surface area contributed by atoms with E-state index in [0.717, 1.165) is 0 Å². The first-order chi connectivity index (χ1) is 9.35.